The van der Waals surface area contributed by atoms with Crippen molar-refractivity contribution in [1.29, 1.82) is 0 Å². The highest BCUT2D eigenvalue weighted by Crippen LogP contribution is 2.20. The number of nitrogens with zero attached hydrogens (tertiary/aromatic N) is 1. The fraction of sp³-hybridized carbons (Fsp3) is 0.235. The van der Waals surface area contributed by atoms with Crippen molar-refractivity contribution in [3.05, 3.63) is 63.6 Å². The predicted molar refractivity (Wildman–Crippen MR) is 87.4 cm³/mol. The summed E-state index contributed by atoms with van der Waals surface area (Å²) in [6.07, 6.45) is 1.00. The first-order valence-electron chi connectivity index (χ1n) is 6.66. The first-order chi connectivity index (χ1) is 9.52. The molecule has 0 aliphatic rings. The number of rotatable bonds is 3. The standard InChI is InChI=1S/C17H18BrNO/c1-4-13-5-8-15(9-6-13)19(3)17(20)14-7-10-16(18)12(2)11-14/h5-11H,4H2,1-3H3. The lowest BCUT2D eigenvalue weighted by molar-refractivity contribution is 0.0993. The molecular formula is C17H18BrNO. The van der Waals surface area contributed by atoms with Crippen LogP contribution in [0.2, 0.25) is 0 Å². The van der Waals surface area contributed by atoms with E-state index in [9.17, 15) is 4.79 Å². The number of carbonyl (C=O) groups excluding carboxylic acids is 1. The van der Waals surface area contributed by atoms with Gasteiger partial charge in [-0.1, -0.05) is 35.0 Å². The molecule has 2 rings (SSSR count). The third-order valence-corrected chi connectivity index (χ3v) is 4.33. The molecule has 0 heterocycles. The molecule has 3 heteroatoms. The molecule has 0 radical (unpaired) electrons. The van der Waals surface area contributed by atoms with Crippen molar-refractivity contribution in [2.75, 3.05) is 11.9 Å². The lowest BCUT2D eigenvalue weighted by atomic mass is 10.1. The molecule has 2 aromatic carbocycles. The number of amides is 1. The molecule has 0 N–H and O–H groups in total. The highest BCUT2D eigenvalue weighted by molar-refractivity contribution is 9.10. The van der Waals surface area contributed by atoms with E-state index in [0.29, 0.717) is 5.56 Å². The summed E-state index contributed by atoms with van der Waals surface area (Å²) in [5, 5.41) is 0. The lowest BCUT2D eigenvalue weighted by Gasteiger charge is -2.18. The first-order valence-corrected chi connectivity index (χ1v) is 7.45. The zero-order valence-corrected chi connectivity index (χ0v) is 13.6. The van der Waals surface area contributed by atoms with Crippen LogP contribution < -0.4 is 4.90 Å². The van der Waals surface area contributed by atoms with E-state index < -0.39 is 0 Å². The molecule has 2 nitrogen and oxygen atoms in total. The molecule has 0 bridgehead atoms. The number of carbonyl (C=O) groups is 1. The van der Waals surface area contributed by atoms with Crippen LogP contribution in [0.15, 0.2) is 46.9 Å². The maximum absolute atomic E-state index is 12.5. The Labute approximate surface area is 128 Å². The Balaban J connectivity index is 2.24. The van der Waals surface area contributed by atoms with Gasteiger partial charge in [0, 0.05) is 22.8 Å². The molecule has 0 atom stereocenters. The van der Waals surface area contributed by atoms with Gasteiger partial charge in [-0.15, -0.1) is 0 Å². The third kappa shape index (κ3) is 3.10. The van der Waals surface area contributed by atoms with Crippen LogP contribution in [0.4, 0.5) is 5.69 Å². The van der Waals surface area contributed by atoms with Crippen molar-refractivity contribution in [2.45, 2.75) is 20.3 Å². The van der Waals surface area contributed by atoms with E-state index in [1.807, 2.05) is 37.3 Å². The quantitative estimate of drug-likeness (QED) is 0.805. The van der Waals surface area contributed by atoms with E-state index in [4.69, 9.17) is 0 Å². The van der Waals surface area contributed by atoms with E-state index in [-0.39, 0.29) is 5.91 Å². The third-order valence-electron chi connectivity index (χ3n) is 3.44. The zero-order valence-electron chi connectivity index (χ0n) is 12.0. The van der Waals surface area contributed by atoms with Gasteiger partial charge in [-0.3, -0.25) is 4.79 Å². The second-order valence-corrected chi connectivity index (χ2v) is 5.70. The van der Waals surface area contributed by atoms with Crippen molar-refractivity contribution in [3.63, 3.8) is 0 Å². The van der Waals surface area contributed by atoms with Crippen LogP contribution in [0.3, 0.4) is 0 Å². The molecule has 0 unspecified atom stereocenters. The molecule has 0 aliphatic carbocycles. The van der Waals surface area contributed by atoms with Gasteiger partial charge in [-0.25, -0.2) is 0 Å². The van der Waals surface area contributed by atoms with Gasteiger partial charge in [0.05, 0.1) is 0 Å². The maximum Gasteiger partial charge on any atom is 0.258 e. The summed E-state index contributed by atoms with van der Waals surface area (Å²) >= 11 is 3.45. The van der Waals surface area contributed by atoms with Crippen molar-refractivity contribution < 1.29 is 4.79 Å². The minimum Gasteiger partial charge on any atom is -0.311 e. The van der Waals surface area contributed by atoms with E-state index in [1.54, 1.807) is 11.9 Å². The molecule has 2 aromatic rings. The topological polar surface area (TPSA) is 20.3 Å². The summed E-state index contributed by atoms with van der Waals surface area (Å²) in [5.41, 5.74) is 3.94. The molecule has 0 aromatic heterocycles. The molecular weight excluding hydrogens is 314 g/mol. The van der Waals surface area contributed by atoms with Gasteiger partial charge in [-0.2, -0.15) is 0 Å². The Kier molecular flexibility index (Phi) is 4.61. The largest absolute Gasteiger partial charge is 0.311 e. The number of aryl methyl sites for hydroxylation is 2. The average molecular weight is 332 g/mol. The number of hydrogen-bond donors (Lipinski definition) is 0. The van der Waals surface area contributed by atoms with Crippen molar-refractivity contribution in [3.8, 4) is 0 Å². The fourth-order valence-electron chi connectivity index (χ4n) is 2.04. The summed E-state index contributed by atoms with van der Waals surface area (Å²) < 4.78 is 1.02. The SMILES string of the molecule is CCc1ccc(N(C)C(=O)c2ccc(Br)c(C)c2)cc1. The Morgan fingerprint density at radius 2 is 1.80 bits per heavy atom. The Bertz CT molecular complexity index is 619. The normalized spacial score (nSPS) is 10.4. The highest BCUT2D eigenvalue weighted by Gasteiger charge is 2.14. The Hall–Kier alpha value is -1.61. The van der Waals surface area contributed by atoms with E-state index in [0.717, 1.165) is 22.1 Å². The van der Waals surface area contributed by atoms with Crippen LogP contribution >= 0.6 is 15.9 Å². The summed E-state index contributed by atoms with van der Waals surface area (Å²) in [6, 6.07) is 13.8. The van der Waals surface area contributed by atoms with Gasteiger partial charge in [-0.05, 0) is 54.8 Å². The summed E-state index contributed by atoms with van der Waals surface area (Å²) in [4.78, 5) is 14.2. The molecule has 1 amide bonds. The molecule has 0 aliphatic heterocycles. The van der Waals surface area contributed by atoms with Crippen LogP contribution in [0.1, 0.15) is 28.4 Å². The van der Waals surface area contributed by atoms with Crippen LogP contribution in [-0.4, -0.2) is 13.0 Å². The summed E-state index contributed by atoms with van der Waals surface area (Å²) in [5.74, 6) is 0.00449. The van der Waals surface area contributed by atoms with Crippen molar-refractivity contribution >= 4 is 27.5 Å². The fourth-order valence-corrected chi connectivity index (χ4v) is 2.29. The van der Waals surface area contributed by atoms with Crippen molar-refractivity contribution in [2.24, 2.45) is 0 Å². The number of benzene rings is 2. The van der Waals surface area contributed by atoms with Crippen molar-refractivity contribution in [1.82, 2.24) is 0 Å². The second kappa shape index (κ2) is 6.23. The summed E-state index contributed by atoms with van der Waals surface area (Å²) in [7, 11) is 1.81. The predicted octanol–water partition coefficient (Wildman–Crippen LogP) is 4.60. The monoisotopic (exact) mass is 331 g/mol. The average Bonchev–Trinajstić information content (AvgIpc) is 2.48. The maximum atomic E-state index is 12.5. The molecule has 104 valence electrons. The van der Waals surface area contributed by atoms with E-state index >= 15 is 0 Å². The lowest BCUT2D eigenvalue weighted by Crippen LogP contribution is -2.26. The van der Waals surface area contributed by atoms with Gasteiger partial charge in [0.1, 0.15) is 0 Å². The van der Waals surface area contributed by atoms with E-state index in [1.165, 1.54) is 5.56 Å². The molecule has 0 saturated heterocycles. The zero-order chi connectivity index (χ0) is 14.7. The number of halogens is 1. The Morgan fingerprint density at radius 1 is 1.15 bits per heavy atom. The van der Waals surface area contributed by atoms with Gasteiger partial charge in [0.15, 0.2) is 0 Å². The Morgan fingerprint density at radius 3 is 2.35 bits per heavy atom. The summed E-state index contributed by atoms with van der Waals surface area (Å²) in [6.45, 7) is 4.10. The second-order valence-electron chi connectivity index (χ2n) is 4.85. The van der Waals surface area contributed by atoms with E-state index in [2.05, 4.69) is 35.0 Å². The van der Waals surface area contributed by atoms with Crippen LogP contribution in [-0.2, 0) is 6.42 Å². The number of anilines is 1. The molecule has 0 saturated carbocycles. The highest BCUT2D eigenvalue weighted by atomic mass is 79.9. The van der Waals surface area contributed by atoms with Gasteiger partial charge >= 0.3 is 0 Å². The van der Waals surface area contributed by atoms with Gasteiger partial charge < -0.3 is 4.90 Å². The molecule has 20 heavy (non-hydrogen) atoms. The molecule has 0 fully saturated rings. The van der Waals surface area contributed by atoms with Crippen LogP contribution in [0.5, 0.6) is 0 Å². The van der Waals surface area contributed by atoms with Gasteiger partial charge in [0.2, 0.25) is 0 Å². The van der Waals surface area contributed by atoms with Gasteiger partial charge in [0.25, 0.3) is 5.91 Å². The minimum atomic E-state index is 0.00449. The smallest absolute Gasteiger partial charge is 0.258 e. The van der Waals surface area contributed by atoms with Crippen LogP contribution in [0, 0.1) is 6.92 Å². The number of hydrogen-bond acceptors (Lipinski definition) is 1. The first kappa shape index (κ1) is 14.8. The molecule has 0 spiro atoms. The van der Waals surface area contributed by atoms with Crippen LogP contribution in [0.25, 0.3) is 0 Å². The minimum absolute atomic E-state index is 0.00449.